The fourth-order valence-electron chi connectivity index (χ4n) is 0.917. The molecule has 0 radical (unpaired) electrons. The molecule has 0 aliphatic carbocycles. The number of pyridine rings is 1. The zero-order valence-electron chi connectivity index (χ0n) is 7.45. The Hall–Kier alpha value is -1.82. The van der Waals surface area contributed by atoms with Gasteiger partial charge in [0.05, 0.1) is 0 Å². The van der Waals surface area contributed by atoms with E-state index in [-0.39, 0.29) is 0 Å². The van der Waals surface area contributed by atoms with E-state index in [9.17, 15) is 0 Å². The van der Waals surface area contributed by atoms with Crippen LogP contribution >= 0.6 is 0 Å². The third-order valence-corrected chi connectivity index (χ3v) is 1.57. The fourth-order valence-corrected chi connectivity index (χ4v) is 0.917. The van der Waals surface area contributed by atoms with Gasteiger partial charge in [-0.2, -0.15) is 5.26 Å². The molecule has 0 aliphatic heterocycles. The highest BCUT2D eigenvalue weighted by Crippen LogP contribution is 2.17. The Bertz CT molecular complexity index is 352. The van der Waals surface area contributed by atoms with Gasteiger partial charge in [-0.1, -0.05) is 12.7 Å². The number of aromatic nitrogens is 1. The molecule has 1 aromatic heterocycles. The molecule has 66 valence electrons. The van der Waals surface area contributed by atoms with Crippen molar-refractivity contribution in [1.29, 1.82) is 5.26 Å². The van der Waals surface area contributed by atoms with Crippen molar-refractivity contribution in [2.24, 2.45) is 0 Å². The van der Waals surface area contributed by atoms with Crippen molar-refractivity contribution in [3.05, 3.63) is 36.0 Å². The lowest BCUT2D eigenvalue weighted by Crippen LogP contribution is -1.99. The van der Waals surface area contributed by atoms with Crippen LogP contribution in [-0.4, -0.2) is 11.6 Å². The molecular weight excluding hydrogens is 164 g/mol. The van der Waals surface area contributed by atoms with Crippen molar-refractivity contribution >= 4 is 0 Å². The average Bonchev–Trinajstić information content (AvgIpc) is 2.15. The van der Waals surface area contributed by atoms with Crippen molar-refractivity contribution in [2.45, 2.75) is 6.92 Å². The Balaban J connectivity index is 3.00. The van der Waals surface area contributed by atoms with Gasteiger partial charge < -0.3 is 4.74 Å². The molecule has 0 atom stereocenters. The first kappa shape index (κ1) is 9.27. The molecule has 13 heavy (non-hydrogen) atoms. The van der Waals surface area contributed by atoms with Gasteiger partial charge in [0.25, 0.3) is 0 Å². The molecule has 0 aromatic carbocycles. The highest BCUT2D eigenvalue weighted by atomic mass is 16.5. The molecule has 0 fully saturated rings. The fraction of sp³-hybridized carbons (Fsp3) is 0.200. The van der Waals surface area contributed by atoms with E-state index in [4.69, 9.17) is 10.00 Å². The highest BCUT2D eigenvalue weighted by molar-refractivity contribution is 5.43. The summed E-state index contributed by atoms with van der Waals surface area (Å²) in [5.74, 6) is 0.377. The zero-order valence-corrected chi connectivity index (χ0v) is 7.45. The monoisotopic (exact) mass is 174 g/mol. The molecule has 3 nitrogen and oxygen atoms in total. The van der Waals surface area contributed by atoms with Crippen LogP contribution in [0.3, 0.4) is 0 Å². The Labute approximate surface area is 77.3 Å². The summed E-state index contributed by atoms with van der Waals surface area (Å²) >= 11 is 0. The van der Waals surface area contributed by atoms with Crippen LogP contribution < -0.4 is 4.74 Å². The number of nitriles is 1. The maximum atomic E-state index is 8.80. The van der Waals surface area contributed by atoms with Crippen LogP contribution in [0.2, 0.25) is 0 Å². The van der Waals surface area contributed by atoms with E-state index in [2.05, 4.69) is 17.6 Å². The third-order valence-electron chi connectivity index (χ3n) is 1.57. The van der Waals surface area contributed by atoms with Crippen LogP contribution in [0.15, 0.2) is 24.9 Å². The molecule has 3 heteroatoms. The van der Waals surface area contributed by atoms with Crippen molar-refractivity contribution in [3.8, 4) is 11.9 Å². The predicted molar refractivity (Wildman–Crippen MR) is 49.4 cm³/mol. The van der Waals surface area contributed by atoms with Gasteiger partial charge in [0.2, 0.25) is 5.88 Å². The molecule has 1 rings (SSSR count). The topological polar surface area (TPSA) is 45.9 Å². The van der Waals surface area contributed by atoms with Crippen LogP contribution in [0.25, 0.3) is 0 Å². The lowest BCUT2D eigenvalue weighted by atomic mass is 10.2. The SMILES string of the molecule is C=CCOc1nccc(C)c1C#N. The summed E-state index contributed by atoms with van der Waals surface area (Å²) in [6.07, 6.45) is 3.24. The zero-order chi connectivity index (χ0) is 9.68. The first-order chi connectivity index (χ1) is 6.29. The second kappa shape index (κ2) is 4.27. The standard InChI is InChI=1S/C10H10N2O/c1-3-6-13-10-9(7-11)8(2)4-5-12-10/h3-5H,1,6H2,2H3. The minimum Gasteiger partial charge on any atom is -0.473 e. The summed E-state index contributed by atoms with van der Waals surface area (Å²) in [4.78, 5) is 3.96. The Kier molecular flexibility index (Phi) is 3.04. The Morgan fingerprint density at radius 1 is 1.77 bits per heavy atom. The smallest absolute Gasteiger partial charge is 0.232 e. The number of hydrogen-bond donors (Lipinski definition) is 0. The van der Waals surface area contributed by atoms with Crippen molar-refractivity contribution in [2.75, 3.05) is 6.61 Å². The van der Waals surface area contributed by atoms with Gasteiger partial charge in [0.15, 0.2) is 0 Å². The quantitative estimate of drug-likeness (QED) is 0.656. The maximum absolute atomic E-state index is 8.80. The first-order valence-corrected chi connectivity index (χ1v) is 3.89. The summed E-state index contributed by atoms with van der Waals surface area (Å²) in [6.45, 7) is 5.73. The van der Waals surface area contributed by atoms with Crippen LogP contribution in [-0.2, 0) is 0 Å². The van der Waals surface area contributed by atoms with E-state index >= 15 is 0 Å². The summed E-state index contributed by atoms with van der Waals surface area (Å²) in [5.41, 5.74) is 1.36. The second-order valence-corrected chi connectivity index (χ2v) is 2.52. The third kappa shape index (κ3) is 2.06. The van der Waals surface area contributed by atoms with Gasteiger partial charge in [0, 0.05) is 6.20 Å². The van der Waals surface area contributed by atoms with E-state index in [1.165, 1.54) is 0 Å². The molecule has 0 N–H and O–H groups in total. The molecule has 1 heterocycles. The van der Waals surface area contributed by atoms with Crippen LogP contribution in [0.4, 0.5) is 0 Å². The number of nitrogens with zero attached hydrogens (tertiary/aromatic N) is 2. The van der Waals surface area contributed by atoms with E-state index in [1.54, 1.807) is 18.3 Å². The van der Waals surface area contributed by atoms with Gasteiger partial charge in [-0.3, -0.25) is 0 Å². The molecule has 0 saturated carbocycles. The lowest BCUT2D eigenvalue weighted by Gasteiger charge is -2.04. The molecule has 0 spiro atoms. The summed E-state index contributed by atoms with van der Waals surface area (Å²) in [7, 11) is 0. The Morgan fingerprint density at radius 2 is 2.54 bits per heavy atom. The van der Waals surface area contributed by atoms with E-state index in [0.717, 1.165) is 5.56 Å². The molecule has 0 unspecified atom stereocenters. The summed E-state index contributed by atoms with van der Waals surface area (Å²) in [5, 5.41) is 8.80. The normalized spacial score (nSPS) is 8.92. The van der Waals surface area contributed by atoms with Gasteiger partial charge in [-0.15, -0.1) is 0 Å². The minimum atomic E-state index is 0.366. The van der Waals surface area contributed by atoms with E-state index < -0.39 is 0 Å². The van der Waals surface area contributed by atoms with Gasteiger partial charge in [-0.05, 0) is 18.6 Å². The van der Waals surface area contributed by atoms with Crippen molar-refractivity contribution < 1.29 is 4.74 Å². The molecule has 0 bridgehead atoms. The minimum absolute atomic E-state index is 0.366. The maximum Gasteiger partial charge on any atom is 0.232 e. The van der Waals surface area contributed by atoms with Gasteiger partial charge in [-0.25, -0.2) is 4.98 Å². The highest BCUT2D eigenvalue weighted by Gasteiger charge is 2.06. The van der Waals surface area contributed by atoms with Crippen LogP contribution in [0.5, 0.6) is 5.88 Å². The Morgan fingerprint density at radius 3 is 3.15 bits per heavy atom. The largest absolute Gasteiger partial charge is 0.473 e. The van der Waals surface area contributed by atoms with Gasteiger partial charge in [0.1, 0.15) is 18.2 Å². The molecule has 1 aromatic rings. The second-order valence-electron chi connectivity index (χ2n) is 2.52. The van der Waals surface area contributed by atoms with Crippen LogP contribution in [0, 0.1) is 18.3 Å². The van der Waals surface area contributed by atoms with Crippen molar-refractivity contribution in [1.82, 2.24) is 4.98 Å². The molecule has 0 aliphatic rings. The van der Waals surface area contributed by atoms with Gasteiger partial charge >= 0.3 is 0 Å². The summed E-state index contributed by atoms with van der Waals surface area (Å²) < 4.78 is 5.21. The molecular formula is C10H10N2O. The van der Waals surface area contributed by atoms with E-state index in [0.29, 0.717) is 18.1 Å². The molecule has 0 saturated heterocycles. The average molecular weight is 174 g/mol. The summed E-state index contributed by atoms with van der Waals surface area (Å²) in [6, 6.07) is 3.83. The number of rotatable bonds is 3. The first-order valence-electron chi connectivity index (χ1n) is 3.89. The predicted octanol–water partition coefficient (Wildman–Crippen LogP) is 1.83. The number of aryl methyl sites for hydroxylation is 1. The van der Waals surface area contributed by atoms with Crippen LogP contribution in [0.1, 0.15) is 11.1 Å². The molecule has 0 amide bonds. The van der Waals surface area contributed by atoms with Crippen molar-refractivity contribution in [3.63, 3.8) is 0 Å². The number of ether oxygens (including phenoxy) is 1. The lowest BCUT2D eigenvalue weighted by molar-refractivity contribution is 0.347. The van der Waals surface area contributed by atoms with E-state index in [1.807, 2.05) is 6.92 Å². The number of hydrogen-bond acceptors (Lipinski definition) is 3.